The van der Waals surface area contributed by atoms with Crippen molar-refractivity contribution in [3.05, 3.63) is 74.8 Å². The number of amides is 1. The van der Waals surface area contributed by atoms with Crippen LogP contribution in [0.5, 0.6) is 0 Å². The quantitative estimate of drug-likeness (QED) is 0.679. The van der Waals surface area contributed by atoms with Crippen molar-refractivity contribution in [2.24, 2.45) is 0 Å². The zero-order valence-corrected chi connectivity index (χ0v) is 11.5. The van der Waals surface area contributed by atoms with Crippen LogP contribution in [-0.2, 0) is 11.4 Å². The van der Waals surface area contributed by atoms with E-state index in [9.17, 15) is 14.9 Å². The number of rotatable bonds is 5. The van der Waals surface area contributed by atoms with Crippen LogP contribution in [0.15, 0.2) is 48.5 Å². The lowest BCUT2D eigenvalue weighted by molar-refractivity contribution is -0.384. The van der Waals surface area contributed by atoms with E-state index in [1.54, 1.807) is 0 Å². The molecule has 2 rings (SSSR count). The molecule has 7 heteroatoms. The molecule has 2 aromatic rings. The zero-order chi connectivity index (χ0) is 15.2. The topological polar surface area (TPSA) is 81.5 Å². The van der Waals surface area contributed by atoms with Crippen LogP contribution >= 0.6 is 11.6 Å². The van der Waals surface area contributed by atoms with Gasteiger partial charge < -0.3 is 0 Å². The van der Waals surface area contributed by atoms with Crippen LogP contribution in [0.1, 0.15) is 15.9 Å². The minimum absolute atomic E-state index is 0.00925. The van der Waals surface area contributed by atoms with Crippen LogP contribution in [0.4, 0.5) is 5.69 Å². The molecule has 0 aliphatic rings. The number of hydrogen-bond acceptors (Lipinski definition) is 4. The number of hydroxylamine groups is 1. The Balaban J connectivity index is 1.96. The molecule has 0 fully saturated rings. The van der Waals surface area contributed by atoms with Crippen molar-refractivity contribution in [3.8, 4) is 0 Å². The van der Waals surface area contributed by atoms with Gasteiger partial charge in [0.15, 0.2) is 0 Å². The van der Waals surface area contributed by atoms with E-state index in [2.05, 4.69) is 5.48 Å². The molecule has 2 aromatic carbocycles. The maximum Gasteiger partial charge on any atom is 0.276 e. The summed E-state index contributed by atoms with van der Waals surface area (Å²) >= 11 is 5.84. The molecule has 0 heterocycles. The summed E-state index contributed by atoms with van der Waals surface area (Å²) in [6, 6.07) is 12.9. The second kappa shape index (κ2) is 6.83. The molecule has 0 atom stereocenters. The molecule has 0 bridgehead atoms. The third-order valence-corrected chi connectivity index (χ3v) is 2.97. The van der Waals surface area contributed by atoms with Crippen LogP contribution < -0.4 is 5.48 Å². The van der Waals surface area contributed by atoms with Gasteiger partial charge in [-0.25, -0.2) is 5.48 Å². The van der Waals surface area contributed by atoms with E-state index in [0.717, 1.165) is 11.6 Å². The first kappa shape index (κ1) is 15.0. The number of non-ortho nitro benzene ring substituents is 1. The monoisotopic (exact) mass is 306 g/mol. The van der Waals surface area contributed by atoms with Crippen molar-refractivity contribution in [2.45, 2.75) is 6.61 Å². The number of nitro groups is 1. The second-order valence-corrected chi connectivity index (χ2v) is 4.53. The first-order chi connectivity index (χ1) is 10.1. The highest BCUT2D eigenvalue weighted by Gasteiger charge is 2.14. The van der Waals surface area contributed by atoms with Crippen molar-refractivity contribution in [1.29, 1.82) is 0 Å². The fourth-order valence-electron chi connectivity index (χ4n) is 1.62. The third-order valence-electron chi connectivity index (χ3n) is 2.65. The molecule has 0 aliphatic heterocycles. The lowest BCUT2D eigenvalue weighted by Crippen LogP contribution is -2.23. The number of nitro benzene ring substituents is 1. The zero-order valence-electron chi connectivity index (χ0n) is 10.8. The summed E-state index contributed by atoms with van der Waals surface area (Å²) in [5.74, 6) is -0.564. The molecule has 0 unspecified atom stereocenters. The normalized spacial score (nSPS) is 10.1. The average molecular weight is 307 g/mol. The van der Waals surface area contributed by atoms with Crippen LogP contribution in [0.25, 0.3) is 0 Å². The number of hydrogen-bond donors (Lipinski definition) is 1. The molecular weight excluding hydrogens is 296 g/mol. The third kappa shape index (κ3) is 4.01. The van der Waals surface area contributed by atoms with Crippen molar-refractivity contribution >= 4 is 23.2 Å². The predicted molar refractivity (Wildman–Crippen MR) is 76.8 cm³/mol. The van der Waals surface area contributed by atoms with E-state index in [0.29, 0.717) is 0 Å². The average Bonchev–Trinajstić information content (AvgIpc) is 2.48. The summed E-state index contributed by atoms with van der Waals surface area (Å²) in [7, 11) is 0. The number of nitrogens with one attached hydrogen (secondary N) is 1. The van der Waals surface area contributed by atoms with Crippen LogP contribution in [0.3, 0.4) is 0 Å². The van der Waals surface area contributed by atoms with Crippen molar-refractivity contribution in [1.82, 2.24) is 5.48 Å². The van der Waals surface area contributed by atoms with E-state index < -0.39 is 10.8 Å². The molecule has 21 heavy (non-hydrogen) atoms. The lowest BCUT2D eigenvalue weighted by Gasteiger charge is -2.07. The highest BCUT2D eigenvalue weighted by Crippen LogP contribution is 2.22. The molecule has 6 nitrogen and oxygen atoms in total. The smallest absolute Gasteiger partial charge is 0.269 e. The lowest BCUT2D eigenvalue weighted by atomic mass is 10.2. The Morgan fingerprint density at radius 1 is 1.24 bits per heavy atom. The minimum Gasteiger partial charge on any atom is -0.269 e. The predicted octanol–water partition coefficient (Wildman–Crippen LogP) is 3.11. The van der Waals surface area contributed by atoms with E-state index in [1.165, 1.54) is 12.1 Å². The van der Waals surface area contributed by atoms with Gasteiger partial charge in [-0.05, 0) is 11.6 Å². The van der Waals surface area contributed by atoms with Gasteiger partial charge in [0, 0.05) is 12.1 Å². The SMILES string of the molecule is O=C(NOCc1ccccc1)c1ccc([N+](=O)[O-])cc1Cl. The summed E-state index contributed by atoms with van der Waals surface area (Å²) < 4.78 is 0. The standard InChI is InChI=1S/C14H11ClN2O4/c15-13-8-11(17(19)20)6-7-12(13)14(18)16-21-9-10-4-2-1-3-5-10/h1-8H,9H2,(H,16,18). The first-order valence-electron chi connectivity index (χ1n) is 5.98. The van der Waals surface area contributed by atoms with Gasteiger partial charge in [-0.1, -0.05) is 41.9 Å². The van der Waals surface area contributed by atoms with E-state index in [4.69, 9.17) is 16.4 Å². The van der Waals surface area contributed by atoms with E-state index in [-0.39, 0.29) is 22.9 Å². The molecule has 1 N–H and O–H groups in total. The van der Waals surface area contributed by atoms with Gasteiger partial charge in [0.05, 0.1) is 22.1 Å². The van der Waals surface area contributed by atoms with Crippen molar-refractivity contribution in [3.63, 3.8) is 0 Å². The maximum atomic E-state index is 11.8. The van der Waals surface area contributed by atoms with Gasteiger partial charge in [0.25, 0.3) is 11.6 Å². The van der Waals surface area contributed by atoms with E-state index >= 15 is 0 Å². The Bertz CT molecular complexity index is 661. The number of benzene rings is 2. The first-order valence-corrected chi connectivity index (χ1v) is 6.35. The molecule has 0 aliphatic carbocycles. The van der Waals surface area contributed by atoms with Gasteiger partial charge >= 0.3 is 0 Å². The molecular formula is C14H11ClN2O4. The Morgan fingerprint density at radius 3 is 2.57 bits per heavy atom. The summed E-state index contributed by atoms with van der Waals surface area (Å²) in [6.07, 6.45) is 0. The van der Waals surface area contributed by atoms with Gasteiger partial charge in [-0.3, -0.25) is 19.7 Å². The Labute approximate surface area is 125 Å². The van der Waals surface area contributed by atoms with Gasteiger partial charge in [0.1, 0.15) is 0 Å². The number of carbonyl (C=O) groups excluding carboxylic acids is 1. The number of halogens is 1. The molecule has 0 radical (unpaired) electrons. The molecule has 108 valence electrons. The molecule has 0 spiro atoms. The molecule has 0 saturated carbocycles. The minimum atomic E-state index is -0.584. The number of carbonyl (C=O) groups is 1. The largest absolute Gasteiger partial charge is 0.276 e. The van der Waals surface area contributed by atoms with Gasteiger partial charge in [0.2, 0.25) is 0 Å². The van der Waals surface area contributed by atoms with Crippen molar-refractivity contribution < 1.29 is 14.6 Å². The molecule has 1 amide bonds. The molecule has 0 aromatic heterocycles. The Morgan fingerprint density at radius 2 is 1.95 bits per heavy atom. The summed E-state index contributed by atoms with van der Waals surface area (Å²) in [4.78, 5) is 26.9. The highest BCUT2D eigenvalue weighted by atomic mass is 35.5. The van der Waals surface area contributed by atoms with Gasteiger partial charge in [-0.2, -0.15) is 0 Å². The Hall–Kier alpha value is -2.44. The van der Waals surface area contributed by atoms with Crippen LogP contribution in [0.2, 0.25) is 5.02 Å². The second-order valence-electron chi connectivity index (χ2n) is 4.13. The Kier molecular flexibility index (Phi) is 4.86. The van der Waals surface area contributed by atoms with Gasteiger partial charge in [-0.15, -0.1) is 0 Å². The summed E-state index contributed by atoms with van der Waals surface area (Å²) in [6.45, 7) is 0.206. The fraction of sp³-hybridized carbons (Fsp3) is 0.0714. The summed E-state index contributed by atoms with van der Waals surface area (Å²) in [5, 5.41) is 10.6. The van der Waals surface area contributed by atoms with Crippen LogP contribution in [0, 0.1) is 10.1 Å². The highest BCUT2D eigenvalue weighted by molar-refractivity contribution is 6.34. The van der Waals surface area contributed by atoms with E-state index in [1.807, 2.05) is 30.3 Å². The fourth-order valence-corrected chi connectivity index (χ4v) is 1.88. The maximum absolute atomic E-state index is 11.8. The van der Waals surface area contributed by atoms with Crippen molar-refractivity contribution in [2.75, 3.05) is 0 Å². The van der Waals surface area contributed by atoms with Crippen LogP contribution in [-0.4, -0.2) is 10.8 Å². The summed E-state index contributed by atoms with van der Waals surface area (Å²) in [5.41, 5.74) is 3.07. The molecule has 0 saturated heterocycles. The number of nitrogens with zero attached hydrogens (tertiary/aromatic N) is 1.